The molecule has 1 aromatic rings. The molecule has 21 heavy (non-hydrogen) atoms. The number of hydrogen-bond acceptors (Lipinski definition) is 5. The monoisotopic (exact) mass is 288 g/mol. The molecule has 2 bridgehead atoms. The minimum Gasteiger partial charge on any atom is -0.366 e. The van der Waals surface area contributed by atoms with E-state index in [4.69, 9.17) is 0 Å². The molecule has 3 aliphatic rings. The highest BCUT2D eigenvalue weighted by atomic mass is 19.1. The van der Waals surface area contributed by atoms with Crippen LogP contribution in [0.15, 0.2) is 41.5 Å². The standard InChI is InChI=1S/C15H17FN4O/c16-11-3-1-4-12(7-11)18-9-14-8-13(18)10-19(14)15-17-5-2-6-20(15)21/h1-7,13-15,21H,8-10H2/t13-,14-,15?/m0/s1. The summed E-state index contributed by atoms with van der Waals surface area (Å²) in [7, 11) is 0. The molecule has 0 aliphatic carbocycles. The quantitative estimate of drug-likeness (QED) is 0.899. The first kappa shape index (κ1) is 12.8. The number of benzene rings is 1. The molecular formula is C15H17FN4O. The maximum atomic E-state index is 13.4. The van der Waals surface area contributed by atoms with Crippen molar-refractivity contribution in [3.8, 4) is 0 Å². The molecule has 4 rings (SSSR count). The third kappa shape index (κ3) is 2.11. The number of rotatable bonds is 2. The zero-order chi connectivity index (χ0) is 14.4. The SMILES string of the molecule is ON1C=CC=NC1N1C[C@@H]2C[C@H]1CN2c1cccc(F)c1. The molecule has 0 amide bonds. The Morgan fingerprint density at radius 3 is 2.86 bits per heavy atom. The fourth-order valence-electron chi connectivity index (χ4n) is 3.59. The summed E-state index contributed by atoms with van der Waals surface area (Å²) in [5.41, 5.74) is 0.940. The second-order valence-corrected chi connectivity index (χ2v) is 5.74. The van der Waals surface area contributed by atoms with Crippen LogP contribution in [0.5, 0.6) is 0 Å². The first-order valence-corrected chi connectivity index (χ1v) is 7.17. The largest absolute Gasteiger partial charge is 0.366 e. The van der Waals surface area contributed by atoms with Gasteiger partial charge in [-0.2, -0.15) is 0 Å². The van der Waals surface area contributed by atoms with Crippen molar-refractivity contribution in [2.75, 3.05) is 18.0 Å². The van der Waals surface area contributed by atoms with Crippen molar-refractivity contribution >= 4 is 11.9 Å². The summed E-state index contributed by atoms with van der Waals surface area (Å²) in [4.78, 5) is 8.80. The van der Waals surface area contributed by atoms with Gasteiger partial charge in [-0.15, -0.1) is 0 Å². The molecule has 3 atom stereocenters. The van der Waals surface area contributed by atoms with Crippen molar-refractivity contribution < 1.29 is 9.60 Å². The van der Waals surface area contributed by atoms with E-state index in [1.807, 2.05) is 6.07 Å². The van der Waals surface area contributed by atoms with Crippen LogP contribution in [0.1, 0.15) is 6.42 Å². The van der Waals surface area contributed by atoms with Gasteiger partial charge in [0.05, 0.1) is 0 Å². The predicted octanol–water partition coefficient (Wildman–Crippen LogP) is 1.66. The Kier molecular flexibility index (Phi) is 2.94. The zero-order valence-corrected chi connectivity index (χ0v) is 11.5. The molecule has 110 valence electrons. The Bertz CT molecular complexity index is 605. The van der Waals surface area contributed by atoms with Crippen LogP contribution in [0.4, 0.5) is 10.1 Å². The van der Waals surface area contributed by atoms with Crippen LogP contribution in [0.2, 0.25) is 0 Å². The zero-order valence-electron chi connectivity index (χ0n) is 11.5. The van der Waals surface area contributed by atoms with Gasteiger partial charge in [0, 0.05) is 43.3 Å². The first-order valence-electron chi connectivity index (χ1n) is 7.17. The van der Waals surface area contributed by atoms with Crippen molar-refractivity contribution in [2.45, 2.75) is 24.8 Å². The minimum absolute atomic E-state index is 0.198. The van der Waals surface area contributed by atoms with E-state index in [1.165, 1.54) is 6.07 Å². The lowest BCUT2D eigenvalue weighted by atomic mass is 10.2. The van der Waals surface area contributed by atoms with Crippen molar-refractivity contribution in [3.05, 3.63) is 42.4 Å². The number of fused-ring (bicyclic) bond motifs is 2. The van der Waals surface area contributed by atoms with E-state index in [0.29, 0.717) is 12.1 Å². The lowest BCUT2D eigenvalue weighted by Crippen LogP contribution is -2.54. The number of halogens is 1. The van der Waals surface area contributed by atoms with E-state index in [2.05, 4.69) is 14.8 Å². The fraction of sp³-hybridized carbons (Fsp3) is 0.400. The Hall–Kier alpha value is -1.92. The van der Waals surface area contributed by atoms with Crippen LogP contribution in [0, 0.1) is 5.82 Å². The molecule has 5 nitrogen and oxygen atoms in total. The smallest absolute Gasteiger partial charge is 0.201 e. The number of hydroxylamine groups is 2. The van der Waals surface area contributed by atoms with Gasteiger partial charge in [0.1, 0.15) is 5.82 Å². The van der Waals surface area contributed by atoms with E-state index in [1.54, 1.807) is 30.6 Å². The third-order valence-electron chi connectivity index (χ3n) is 4.50. The molecule has 0 spiro atoms. The normalized spacial score (nSPS) is 31.4. The van der Waals surface area contributed by atoms with Gasteiger partial charge in [-0.3, -0.25) is 15.1 Å². The summed E-state index contributed by atoms with van der Waals surface area (Å²) in [6.45, 7) is 1.67. The fourth-order valence-corrected chi connectivity index (χ4v) is 3.59. The lowest BCUT2D eigenvalue weighted by Gasteiger charge is -2.40. The van der Waals surface area contributed by atoms with Crippen LogP contribution in [0.25, 0.3) is 0 Å². The average molecular weight is 288 g/mol. The Labute approximate surface area is 122 Å². The van der Waals surface area contributed by atoms with E-state index in [0.717, 1.165) is 30.3 Å². The first-order chi connectivity index (χ1) is 10.2. The molecule has 0 aromatic heterocycles. The van der Waals surface area contributed by atoms with Crippen LogP contribution in [-0.4, -0.2) is 52.8 Å². The van der Waals surface area contributed by atoms with E-state index < -0.39 is 0 Å². The lowest BCUT2D eigenvalue weighted by molar-refractivity contribution is -0.134. The second-order valence-electron chi connectivity index (χ2n) is 5.74. The molecule has 0 saturated carbocycles. The summed E-state index contributed by atoms with van der Waals surface area (Å²) in [5, 5.41) is 11.1. The molecule has 6 heteroatoms. The highest BCUT2D eigenvalue weighted by Crippen LogP contribution is 2.36. The maximum absolute atomic E-state index is 13.4. The molecule has 0 radical (unpaired) electrons. The van der Waals surface area contributed by atoms with Gasteiger partial charge in [0.25, 0.3) is 0 Å². The average Bonchev–Trinajstić information content (AvgIpc) is 3.08. The molecule has 2 fully saturated rings. The molecule has 2 saturated heterocycles. The third-order valence-corrected chi connectivity index (χ3v) is 4.50. The highest BCUT2D eigenvalue weighted by Gasteiger charge is 2.47. The van der Waals surface area contributed by atoms with E-state index in [-0.39, 0.29) is 12.1 Å². The highest BCUT2D eigenvalue weighted by molar-refractivity contribution is 5.71. The molecular weight excluding hydrogens is 271 g/mol. The summed E-state index contributed by atoms with van der Waals surface area (Å²) in [6, 6.07) is 7.45. The number of nitrogens with zero attached hydrogens (tertiary/aromatic N) is 4. The van der Waals surface area contributed by atoms with Gasteiger partial charge >= 0.3 is 0 Å². The van der Waals surface area contributed by atoms with Gasteiger partial charge in [0.15, 0.2) is 0 Å². The maximum Gasteiger partial charge on any atom is 0.201 e. The van der Waals surface area contributed by atoms with Gasteiger partial charge in [-0.05, 0) is 30.7 Å². The molecule has 1 aromatic carbocycles. The van der Waals surface area contributed by atoms with Crippen LogP contribution >= 0.6 is 0 Å². The number of allylic oxidation sites excluding steroid dienone is 1. The van der Waals surface area contributed by atoms with Crippen LogP contribution < -0.4 is 4.90 Å². The van der Waals surface area contributed by atoms with Gasteiger partial charge in [-0.25, -0.2) is 9.45 Å². The van der Waals surface area contributed by atoms with Gasteiger partial charge in [-0.1, -0.05) is 6.07 Å². The van der Waals surface area contributed by atoms with Crippen molar-refractivity contribution in [2.24, 2.45) is 4.99 Å². The summed E-state index contributed by atoms with van der Waals surface area (Å²) in [5.74, 6) is -0.198. The van der Waals surface area contributed by atoms with Crippen molar-refractivity contribution in [1.29, 1.82) is 0 Å². The predicted molar refractivity (Wildman–Crippen MR) is 77.7 cm³/mol. The number of aliphatic imine (C=N–C) groups is 1. The molecule has 1 unspecified atom stereocenters. The Morgan fingerprint density at radius 1 is 1.24 bits per heavy atom. The minimum atomic E-state index is -0.334. The van der Waals surface area contributed by atoms with Crippen molar-refractivity contribution in [1.82, 2.24) is 9.96 Å². The number of likely N-dealkylation sites (tertiary alicyclic amines) is 1. The van der Waals surface area contributed by atoms with Crippen LogP contribution in [-0.2, 0) is 0 Å². The Morgan fingerprint density at radius 2 is 2.14 bits per heavy atom. The molecule has 3 heterocycles. The van der Waals surface area contributed by atoms with Crippen molar-refractivity contribution in [3.63, 3.8) is 0 Å². The van der Waals surface area contributed by atoms with Gasteiger partial charge < -0.3 is 4.90 Å². The van der Waals surface area contributed by atoms with E-state index in [9.17, 15) is 9.60 Å². The number of hydrogen-bond donors (Lipinski definition) is 1. The topological polar surface area (TPSA) is 42.3 Å². The summed E-state index contributed by atoms with van der Waals surface area (Å²) >= 11 is 0. The molecule has 3 aliphatic heterocycles. The number of piperazine rings is 1. The van der Waals surface area contributed by atoms with Gasteiger partial charge in [0.2, 0.25) is 6.29 Å². The number of anilines is 1. The Balaban J connectivity index is 1.51. The summed E-state index contributed by atoms with van der Waals surface area (Å²) < 4.78 is 13.4. The van der Waals surface area contributed by atoms with Crippen LogP contribution in [0.3, 0.4) is 0 Å². The summed E-state index contributed by atoms with van der Waals surface area (Å²) in [6.07, 6.45) is 5.74. The van der Waals surface area contributed by atoms with E-state index >= 15 is 0 Å². The molecule has 1 N–H and O–H groups in total. The second kappa shape index (κ2) is 4.82.